The Balaban J connectivity index is 0.00000225. The molecule has 0 radical (unpaired) electrons. The van der Waals surface area contributed by atoms with Gasteiger partial charge in [-0.25, -0.2) is 0 Å². The average Bonchev–Trinajstić information content (AvgIpc) is 3.49. The predicted molar refractivity (Wildman–Crippen MR) is 114 cm³/mol. The van der Waals surface area contributed by atoms with Crippen molar-refractivity contribution in [1.29, 1.82) is 0 Å². The maximum absolute atomic E-state index is 10.2. The molecule has 5 heteroatoms. The molecule has 0 saturated heterocycles. The highest BCUT2D eigenvalue weighted by molar-refractivity contribution is 14.0. The highest BCUT2D eigenvalue weighted by Crippen LogP contribution is 2.49. The molecule has 0 spiro atoms. The van der Waals surface area contributed by atoms with Gasteiger partial charge < -0.3 is 15.7 Å². The van der Waals surface area contributed by atoms with E-state index in [1.54, 1.807) is 0 Å². The van der Waals surface area contributed by atoms with Crippen molar-refractivity contribution in [2.24, 2.45) is 22.7 Å². The number of aliphatic imine (C=N–C) groups is 1. The Morgan fingerprint density at radius 1 is 1.12 bits per heavy atom. The fraction of sp³-hybridized carbons (Fsp3) is 0.650. The highest BCUT2D eigenvalue weighted by atomic mass is 127. The van der Waals surface area contributed by atoms with Crippen LogP contribution in [0.15, 0.2) is 35.3 Å². The lowest BCUT2D eigenvalue weighted by Gasteiger charge is -2.17. The Morgan fingerprint density at radius 2 is 1.76 bits per heavy atom. The summed E-state index contributed by atoms with van der Waals surface area (Å²) in [7, 11) is 0. The van der Waals surface area contributed by atoms with Crippen LogP contribution in [0.5, 0.6) is 0 Å². The van der Waals surface area contributed by atoms with E-state index in [1.807, 2.05) is 30.3 Å². The normalized spacial score (nSPS) is 18.6. The smallest absolute Gasteiger partial charge is 0.191 e. The summed E-state index contributed by atoms with van der Waals surface area (Å²) in [6.07, 6.45) is 5.89. The number of guanidine groups is 1. The molecule has 1 atom stereocenters. The van der Waals surface area contributed by atoms with Gasteiger partial charge >= 0.3 is 0 Å². The summed E-state index contributed by atoms with van der Waals surface area (Å²) in [6, 6.07) is 9.85. The molecule has 3 N–H and O–H groups in total. The van der Waals surface area contributed by atoms with Crippen molar-refractivity contribution in [1.82, 2.24) is 10.6 Å². The van der Waals surface area contributed by atoms with E-state index in [0.29, 0.717) is 6.42 Å². The Labute approximate surface area is 168 Å². The van der Waals surface area contributed by atoms with Crippen LogP contribution < -0.4 is 10.6 Å². The van der Waals surface area contributed by atoms with Gasteiger partial charge in [0.25, 0.3) is 0 Å². The molecule has 140 valence electrons. The van der Waals surface area contributed by atoms with Crippen LogP contribution in [-0.4, -0.2) is 30.7 Å². The third kappa shape index (κ3) is 6.77. The number of halogens is 1. The molecule has 2 saturated carbocycles. The number of hydrogen-bond donors (Lipinski definition) is 3. The number of aliphatic hydroxyl groups is 1. The van der Waals surface area contributed by atoms with Gasteiger partial charge in [-0.05, 0) is 62.3 Å². The minimum atomic E-state index is -0.424. The van der Waals surface area contributed by atoms with Gasteiger partial charge in [0.2, 0.25) is 0 Å². The van der Waals surface area contributed by atoms with Crippen molar-refractivity contribution in [2.75, 3.05) is 19.6 Å². The zero-order valence-electron chi connectivity index (χ0n) is 15.2. The van der Waals surface area contributed by atoms with E-state index in [-0.39, 0.29) is 24.0 Å². The summed E-state index contributed by atoms with van der Waals surface area (Å²) in [5.41, 5.74) is 0.976. The number of hydrogen-bond acceptors (Lipinski definition) is 2. The van der Waals surface area contributed by atoms with E-state index < -0.39 is 6.10 Å². The number of rotatable bonds is 9. The largest absolute Gasteiger partial charge is 0.388 e. The van der Waals surface area contributed by atoms with Crippen LogP contribution in [0.3, 0.4) is 0 Å². The second kappa shape index (κ2) is 10.4. The molecule has 1 aromatic carbocycles. The standard InChI is InChI=1S/C20H31N3O.HI/c1-2-21-20(23-14-18(15-8-9-15)16-10-11-16)22-13-12-19(24)17-6-4-3-5-7-17;/h3-7,15-16,18-19,24H,2,8-14H2,1H3,(H2,21,22,23);1H. The fourth-order valence-corrected chi connectivity index (χ4v) is 3.44. The van der Waals surface area contributed by atoms with Crippen LogP contribution >= 0.6 is 24.0 Å². The van der Waals surface area contributed by atoms with Gasteiger partial charge in [0, 0.05) is 19.6 Å². The monoisotopic (exact) mass is 457 g/mol. The van der Waals surface area contributed by atoms with Crippen LogP contribution in [0.1, 0.15) is 50.7 Å². The maximum atomic E-state index is 10.2. The first kappa shape index (κ1) is 20.5. The first-order chi connectivity index (χ1) is 11.8. The maximum Gasteiger partial charge on any atom is 0.191 e. The number of benzene rings is 1. The number of nitrogens with one attached hydrogen (secondary N) is 2. The third-order valence-corrected chi connectivity index (χ3v) is 5.15. The van der Waals surface area contributed by atoms with Gasteiger partial charge in [0.15, 0.2) is 5.96 Å². The molecule has 4 nitrogen and oxygen atoms in total. The summed E-state index contributed by atoms with van der Waals surface area (Å²) in [4.78, 5) is 4.82. The van der Waals surface area contributed by atoms with E-state index in [2.05, 4.69) is 17.6 Å². The molecule has 0 heterocycles. The van der Waals surface area contributed by atoms with Gasteiger partial charge in [-0.3, -0.25) is 4.99 Å². The van der Waals surface area contributed by atoms with E-state index in [0.717, 1.165) is 48.9 Å². The van der Waals surface area contributed by atoms with E-state index in [1.165, 1.54) is 25.7 Å². The topological polar surface area (TPSA) is 56.7 Å². The van der Waals surface area contributed by atoms with Crippen molar-refractivity contribution in [3.63, 3.8) is 0 Å². The lowest BCUT2D eigenvalue weighted by Crippen LogP contribution is -2.38. The van der Waals surface area contributed by atoms with Crippen LogP contribution in [0, 0.1) is 17.8 Å². The van der Waals surface area contributed by atoms with E-state index >= 15 is 0 Å². The van der Waals surface area contributed by atoms with Gasteiger partial charge in [0.05, 0.1) is 6.10 Å². The van der Waals surface area contributed by atoms with E-state index in [9.17, 15) is 5.11 Å². The minimum Gasteiger partial charge on any atom is -0.388 e. The van der Waals surface area contributed by atoms with Crippen LogP contribution in [0.25, 0.3) is 0 Å². The minimum absolute atomic E-state index is 0. The van der Waals surface area contributed by atoms with Crippen molar-refractivity contribution in [2.45, 2.75) is 45.1 Å². The second-order valence-electron chi connectivity index (χ2n) is 7.20. The van der Waals surface area contributed by atoms with Gasteiger partial charge in [-0.1, -0.05) is 30.3 Å². The van der Waals surface area contributed by atoms with Gasteiger partial charge in [-0.2, -0.15) is 0 Å². The summed E-state index contributed by atoms with van der Waals surface area (Å²) in [6.45, 7) is 4.63. The third-order valence-electron chi connectivity index (χ3n) is 5.15. The zero-order valence-corrected chi connectivity index (χ0v) is 17.5. The predicted octanol–water partition coefficient (Wildman–Crippen LogP) is 3.72. The molecule has 3 rings (SSSR count). The molecule has 0 aliphatic heterocycles. The molecular formula is C20H32IN3O. The molecular weight excluding hydrogens is 425 g/mol. The van der Waals surface area contributed by atoms with E-state index in [4.69, 9.17) is 4.99 Å². The quantitative estimate of drug-likeness (QED) is 0.301. The SMILES string of the molecule is CCNC(=NCC(C1CC1)C1CC1)NCCC(O)c1ccccc1.I. The molecule has 1 aromatic rings. The number of aliphatic hydroxyl groups excluding tert-OH is 1. The van der Waals surface area contributed by atoms with Gasteiger partial charge in [-0.15, -0.1) is 24.0 Å². The first-order valence-electron chi connectivity index (χ1n) is 9.53. The van der Waals surface area contributed by atoms with Crippen molar-refractivity contribution >= 4 is 29.9 Å². The summed E-state index contributed by atoms with van der Waals surface area (Å²) < 4.78 is 0. The summed E-state index contributed by atoms with van der Waals surface area (Å²) in [5, 5.41) is 16.9. The molecule has 1 unspecified atom stereocenters. The molecule has 2 aliphatic rings. The van der Waals surface area contributed by atoms with Crippen molar-refractivity contribution in [3.8, 4) is 0 Å². The molecule has 0 bridgehead atoms. The Bertz CT molecular complexity index is 517. The second-order valence-corrected chi connectivity index (χ2v) is 7.20. The Morgan fingerprint density at radius 3 is 2.32 bits per heavy atom. The first-order valence-corrected chi connectivity index (χ1v) is 9.53. The van der Waals surface area contributed by atoms with Crippen LogP contribution in [0.2, 0.25) is 0 Å². The Kier molecular flexibility index (Phi) is 8.49. The molecule has 2 aliphatic carbocycles. The highest BCUT2D eigenvalue weighted by Gasteiger charge is 2.41. The van der Waals surface area contributed by atoms with Gasteiger partial charge in [0.1, 0.15) is 0 Å². The lowest BCUT2D eigenvalue weighted by atomic mass is 9.98. The molecule has 0 aromatic heterocycles. The van der Waals surface area contributed by atoms with Crippen molar-refractivity contribution in [3.05, 3.63) is 35.9 Å². The number of nitrogens with zero attached hydrogens (tertiary/aromatic N) is 1. The van der Waals surface area contributed by atoms with Crippen molar-refractivity contribution < 1.29 is 5.11 Å². The average molecular weight is 457 g/mol. The zero-order chi connectivity index (χ0) is 16.8. The fourth-order valence-electron chi connectivity index (χ4n) is 3.44. The van der Waals surface area contributed by atoms with Crippen LogP contribution in [-0.2, 0) is 0 Å². The summed E-state index contributed by atoms with van der Waals surface area (Å²) in [5.74, 6) is 3.56. The molecule has 0 amide bonds. The molecule has 25 heavy (non-hydrogen) atoms. The lowest BCUT2D eigenvalue weighted by molar-refractivity contribution is 0.168. The summed E-state index contributed by atoms with van der Waals surface area (Å²) >= 11 is 0. The van der Waals surface area contributed by atoms with Crippen LogP contribution in [0.4, 0.5) is 0 Å². The molecule has 2 fully saturated rings. The Hall–Kier alpha value is -0.820.